The van der Waals surface area contributed by atoms with Crippen molar-refractivity contribution in [2.24, 2.45) is 0 Å². The zero-order chi connectivity index (χ0) is 16.1. The van der Waals surface area contributed by atoms with Crippen LogP contribution in [0.1, 0.15) is 22.6 Å². The fraction of sp³-hybridized carbons (Fsp3) is 0.438. The maximum atomic E-state index is 11.9. The maximum Gasteiger partial charge on any atom is 0.347 e. The Labute approximate surface area is 130 Å². The van der Waals surface area contributed by atoms with Crippen LogP contribution in [0.4, 0.5) is 0 Å². The van der Waals surface area contributed by atoms with Crippen molar-refractivity contribution < 1.29 is 0 Å². The summed E-state index contributed by atoms with van der Waals surface area (Å²) < 4.78 is 3.56. The van der Waals surface area contributed by atoms with Crippen LogP contribution >= 0.6 is 0 Å². The first-order valence-electron chi connectivity index (χ1n) is 7.41. The summed E-state index contributed by atoms with van der Waals surface area (Å²) in [6.07, 6.45) is 3.85. The Balaban J connectivity index is 1.90. The Morgan fingerprint density at radius 1 is 1.36 bits per heavy atom. The number of nitrogens with one attached hydrogen (secondary N) is 1. The highest BCUT2D eigenvalue weighted by Gasteiger charge is 2.05. The lowest BCUT2D eigenvalue weighted by atomic mass is 10.2. The molecule has 0 aliphatic heterocycles. The number of hydrogen-bond acceptors (Lipinski definition) is 4. The standard InChI is InChI=1S/C16H23N5O/c1-5-7-20-11-15(14(4)19-20)10-17-6-8-21-13(3)9-12(2)18-16(21)22/h5,9,11,17H,1,6-8,10H2,2-4H3. The summed E-state index contributed by atoms with van der Waals surface area (Å²) in [5.41, 5.74) is 3.69. The molecule has 0 aliphatic rings. The van der Waals surface area contributed by atoms with E-state index in [1.165, 1.54) is 0 Å². The van der Waals surface area contributed by atoms with Crippen LogP contribution in [0.15, 0.2) is 29.7 Å². The summed E-state index contributed by atoms with van der Waals surface area (Å²) in [7, 11) is 0. The minimum Gasteiger partial charge on any atom is -0.311 e. The van der Waals surface area contributed by atoms with Crippen LogP contribution in [0, 0.1) is 20.8 Å². The van der Waals surface area contributed by atoms with E-state index in [2.05, 4.69) is 22.0 Å². The smallest absolute Gasteiger partial charge is 0.311 e. The van der Waals surface area contributed by atoms with Gasteiger partial charge in [0.1, 0.15) is 0 Å². The van der Waals surface area contributed by atoms with Crippen molar-refractivity contribution >= 4 is 0 Å². The highest BCUT2D eigenvalue weighted by molar-refractivity contribution is 5.15. The largest absolute Gasteiger partial charge is 0.347 e. The van der Waals surface area contributed by atoms with E-state index in [1.54, 1.807) is 4.57 Å². The molecule has 0 saturated carbocycles. The van der Waals surface area contributed by atoms with Crippen molar-refractivity contribution in [3.8, 4) is 0 Å². The van der Waals surface area contributed by atoms with Gasteiger partial charge in [-0.2, -0.15) is 10.1 Å². The van der Waals surface area contributed by atoms with Crippen LogP contribution < -0.4 is 11.0 Å². The van der Waals surface area contributed by atoms with Gasteiger partial charge in [-0.05, 0) is 26.8 Å². The van der Waals surface area contributed by atoms with Crippen molar-refractivity contribution in [1.82, 2.24) is 24.6 Å². The van der Waals surface area contributed by atoms with E-state index in [0.29, 0.717) is 19.6 Å². The molecule has 0 aromatic carbocycles. The molecule has 0 unspecified atom stereocenters. The first-order valence-corrected chi connectivity index (χ1v) is 7.41. The van der Waals surface area contributed by atoms with Crippen LogP contribution in [0.2, 0.25) is 0 Å². The van der Waals surface area contributed by atoms with Gasteiger partial charge in [-0.25, -0.2) is 4.79 Å². The van der Waals surface area contributed by atoms with E-state index in [-0.39, 0.29) is 5.69 Å². The average molecular weight is 301 g/mol. The molecule has 22 heavy (non-hydrogen) atoms. The van der Waals surface area contributed by atoms with Crippen molar-refractivity contribution in [2.75, 3.05) is 6.54 Å². The van der Waals surface area contributed by atoms with Gasteiger partial charge in [0.05, 0.1) is 12.2 Å². The van der Waals surface area contributed by atoms with Gasteiger partial charge in [0, 0.05) is 42.8 Å². The lowest BCUT2D eigenvalue weighted by molar-refractivity contribution is 0.563. The van der Waals surface area contributed by atoms with E-state index in [9.17, 15) is 4.79 Å². The van der Waals surface area contributed by atoms with Crippen molar-refractivity contribution in [1.29, 1.82) is 0 Å². The molecule has 2 rings (SSSR count). The molecule has 0 bridgehead atoms. The lowest BCUT2D eigenvalue weighted by Crippen LogP contribution is -2.30. The van der Waals surface area contributed by atoms with E-state index >= 15 is 0 Å². The molecule has 0 fully saturated rings. The van der Waals surface area contributed by atoms with Crippen LogP contribution in [0.5, 0.6) is 0 Å². The Kier molecular flexibility index (Phi) is 5.27. The predicted molar refractivity (Wildman–Crippen MR) is 86.8 cm³/mol. The monoisotopic (exact) mass is 301 g/mol. The Bertz CT molecular complexity index is 714. The Morgan fingerprint density at radius 2 is 2.14 bits per heavy atom. The molecule has 6 nitrogen and oxygen atoms in total. The summed E-state index contributed by atoms with van der Waals surface area (Å²) >= 11 is 0. The molecule has 0 spiro atoms. The summed E-state index contributed by atoms with van der Waals surface area (Å²) in [6, 6.07) is 1.92. The molecule has 118 valence electrons. The molecule has 1 N–H and O–H groups in total. The summed E-state index contributed by atoms with van der Waals surface area (Å²) in [4.78, 5) is 15.8. The van der Waals surface area contributed by atoms with Gasteiger partial charge in [-0.1, -0.05) is 6.08 Å². The molecule has 0 radical (unpaired) electrons. The SMILES string of the molecule is C=CCn1cc(CNCCn2c(C)cc(C)nc2=O)c(C)n1. The highest BCUT2D eigenvalue weighted by Crippen LogP contribution is 2.05. The van der Waals surface area contributed by atoms with Crippen LogP contribution in [0.3, 0.4) is 0 Å². The first-order chi connectivity index (χ1) is 10.5. The molecular formula is C16H23N5O. The first kappa shape index (κ1) is 16.2. The van der Waals surface area contributed by atoms with Crippen LogP contribution in [-0.4, -0.2) is 25.9 Å². The van der Waals surface area contributed by atoms with Crippen molar-refractivity contribution in [3.63, 3.8) is 0 Å². The van der Waals surface area contributed by atoms with E-state index in [1.807, 2.05) is 43.8 Å². The fourth-order valence-electron chi connectivity index (χ4n) is 2.42. The number of aryl methyl sites for hydroxylation is 3. The van der Waals surface area contributed by atoms with Gasteiger partial charge in [-0.3, -0.25) is 9.25 Å². The average Bonchev–Trinajstić information content (AvgIpc) is 2.77. The minimum atomic E-state index is -0.186. The van der Waals surface area contributed by atoms with Gasteiger partial charge in [0.25, 0.3) is 0 Å². The summed E-state index contributed by atoms with van der Waals surface area (Å²) in [5.74, 6) is 0. The second-order valence-corrected chi connectivity index (χ2v) is 5.40. The number of aromatic nitrogens is 4. The highest BCUT2D eigenvalue weighted by atomic mass is 16.1. The number of allylic oxidation sites excluding steroid dienone is 1. The van der Waals surface area contributed by atoms with Crippen LogP contribution in [-0.2, 0) is 19.6 Å². The Hall–Kier alpha value is -2.21. The Morgan fingerprint density at radius 3 is 2.82 bits per heavy atom. The predicted octanol–water partition coefficient (Wildman–Crippen LogP) is 1.34. The van der Waals surface area contributed by atoms with Crippen molar-refractivity contribution in [3.05, 3.63) is 58.0 Å². The molecule has 2 aromatic heterocycles. The molecule has 0 saturated heterocycles. The molecule has 2 heterocycles. The number of rotatable bonds is 7. The lowest BCUT2D eigenvalue weighted by Gasteiger charge is -2.10. The zero-order valence-electron chi connectivity index (χ0n) is 13.5. The minimum absolute atomic E-state index is 0.186. The maximum absolute atomic E-state index is 11.9. The second kappa shape index (κ2) is 7.17. The fourth-order valence-corrected chi connectivity index (χ4v) is 2.42. The van der Waals surface area contributed by atoms with Crippen LogP contribution in [0.25, 0.3) is 0 Å². The molecule has 0 amide bonds. The topological polar surface area (TPSA) is 64.7 Å². The van der Waals surface area contributed by atoms with Gasteiger partial charge < -0.3 is 5.32 Å². The molecule has 2 aromatic rings. The quantitative estimate of drug-likeness (QED) is 0.619. The number of hydrogen-bond donors (Lipinski definition) is 1. The molecular weight excluding hydrogens is 278 g/mol. The number of nitrogens with zero attached hydrogens (tertiary/aromatic N) is 4. The van der Waals surface area contributed by atoms with Gasteiger partial charge in [0.2, 0.25) is 0 Å². The zero-order valence-corrected chi connectivity index (χ0v) is 13.5. The third kappa shape index (κ3) is 3.92. The van der Waals surface area contributed by atoms with Gasteiger partial charge in [0.15, 0.2) is 0 Å². The second-order valence-electron chi connectivity index (χ2n) is 5.40. The molecule has 0 atom stereocenters. The van der Waals surface area contributed by atoms with E-state index in [4.69, 9.17) is 0 Å². The molecule has 0 aliphatic carbocycles. The van der Waals surface area contributed by atoms with Gasteiger partial charge in [-0.15, -0.1) is 6.58 Å². The van der Waals surface area contributed by atoms with Gasteiger partial charge >= 0.3 is 5.69 Å². The summed E-state index contributed by atoms with van der Waals surface area (Å²) in [5, 5.41) is 7.76. The normalized spacial score (nSPS) is 10.9. The summed E-state index contributed by atoms with van der Waals surface area (Å²) in [6.45, 7) is 12.2. The third-order valence-electron chi connectivity index (χ3n) is 3.54. The van der Waals surface area contributed by atoms with Crippen molar-refractivity contribution in [2.45, 2.75) is 40.4 Å². The third-order valence-corrected chi connectivity index (χ3v) is 3.54. The van der Waals surface area contributed by atoms with E-state index in [0.717, 1.165) is 29.2 Å². The van der Waals surface area contributed by atoms with E-state index < -0.39 is 0 Å². The molecule has 6 heteroatoms.